The quantitative estimate of drug-likeness (QED) is 0.0976. The molecule has 1 amide bonds. The fourth-order valence-corrected chi connectivity index (χ4v) is 6.40. The molecule has 1 aliphatic heterocycles. The maximum Gasteiger partial charge on any atom is 0.269 e. The van der Waals surface area contributed by atoms with Crippen LogP contribution in [0, 0.1) is 17.0 Å². The van der Waals surface area contributed by atoms with Crippen molar-refractivity contribution in [2.45, 2.75) is 30.8 Å². The van der Waals surface area contributed by atoms with E-state index in [2.05, 4.69) is 70.0 Å². The first kappa shape index (κ1) is 27.9. The molecule has 1 atom stereocenters. The number of amides is 1. The lowest BCUT2D eigenvalue weighted by molar-refractivity contribution is -0.384. The minimum absolute atomic E-state index is 0.0510. The lowest BCUT2D eigenvalue weighted by Gasteiger charge is -2.22. The molecule has 4 aromatic carbocycles. The molecule has 0 bridgehead atoms. The van der Waals surface area contributed by atoms with Crippen molar-refractivity contribution in [3.8, 4) is 0 Å². The van der Waals surface area contributed by atoms with Gasteiger partial charge in [-0.25, -0.2) is 5.01 Å². The van der Waals surface area contributed by atoms with Crippen molar-refractivity contribution >= 4 is 55.9 Å². The molecule has 2 heterocycles. The summed E-state index contributed by atoms with van der Waals surface area (Å²) in [6, 6.07) is 30.9. The van der Waals surface area contributed by atoms with Crippen LogP contribution in [0.25, 0.3) is 10.9 Å². The van der Waals surface area contributed by atoms with Crippen LogP contribution < -0.4 is 0 Å². The number of nitrogens with zero attached hydrogens (tertiary/aromatic N) is 4. The van der Waals surface area contributed by atoms with Crippen LogP contribution in [-0.2, 0) is 11.3 Å². The molecule has 0 N–H and O–H groups in total. The summed E-state index contributed by atoms with van der Waals surface area (Å²) in [4.78, 5) is 25.4. The van der Waals surface area contributed by atoms with Gasteiger partial charge >= 0.3 is 0 Å². The molecule has 6 rings (SSSR count). The highest BCUT2D eigenvalue weighted by Crippen LogP contribution is 2.36. The average Bonchev–Trinajstić information content (AvgIpc) is 3.60. The maximum absolute atomic E-state index is 13.7. The normalized spacial score (nSPS) is 14.8. The van der Waals surface area contributed by atoms with Crippen LogP contribution in [0.15, 0.2) is 118 Å². The number of carbonyl (C=O) groups excluding carboxylic acids is 1. The number of hydrogen-bond acceptors (Lipinski definition) is 5. The Bertz CT molecular complexity index is 1800. The molecule has 0 radical (unpaired) electrons. The van der Waals surface area contributed by atoms with E-state index in [1.807, 2.05) is 36.4 Å². The van der Waals surface area contributed by atoms with Gasteiger partial charge in [0.15, 0.2) is 0 Å². The SMILES string of the molecule is Cc1ccc(C2CC(c3ccc(Br)cc3)=NN2C(=O)CSc2cn(Cc3ccc([N+](=O)[O-])cc3)c3ccccc23)cc1. The van der Waals surface area contributed by atoms with E-state index in [1.54, 1.807) is 17.1 Å². The highest BCUT2D eigenvalue weighted by Gasteiger charge is 2.33. The number of para-hydroxylation sites is 1. The lowest BCUT2D eigenvalue weighted by atomic mass is 9.98. The molecule has 7 nitrogen and oxygen atoms in total. The number of rotatable bonds is 8. The zero-order chi connectivity index (χ0) is 29.2. The number of benzene rings is 4. The average molecular weight is 640 g/mol. The van der Waals surface area contributed by atoms with Crippen LogP contribution >= 0.6 is 27.7 Å². The number of non-ortho nitro benzene ring substituents is 1. The Balaban J connectivity index is 1.24. The Hall–Kier alpha value is -4.21. The Kier molecular flexibility index (Phi) is 7.95. The predicted octanol–water partition coefficient (Wildman–Crippen LogP) is 8.14. The van der Waals surface area contributed by atoms with Gasteiger partial charge in [-0.05, 0) is 41.8 Å². The number of hydrazone groups is 1. The largest absolute Gasteiger partial charge is 0.342 e. The van der Waals surface area contributed by atoms with E-state index >= 15 is 0 Å². The number of fused-ring (bicyclic) bond motifs is 1. The zero-order valence-electron chi connectivity index (χ0n) is 22.8. The zero-order valence-corrected chi connectivity index (χ0v) is 25.2. The minimum Gasteiger partial charge on any atom is -0.342 e. The van der Waals surface area contributed by atoms with Crippen molar-refractivity contribution in [1.29, 1.82) is 0 Å². The lowest BCUT2D eigenvalue weighted by Crippen LogP contribution is -2.28. The van der Waals surface area contributed by atoms with E-state index in [0.717, 1.165) is 42.7 Å². The molecule has 1 unspecified atom stereocenters. The van der Waals surface area contributed by atoms with Crippen molar-refractivity contribution in [1.82, 2.24) is 9.58 Å². The van der Waals surface area contributed by atoms with E-state index in [-0.39, 0.29) is 23.4 Å². The topological polar surface area (TPSA) is 80.7 Å². The van der Waals surface area contributed by atoms with Crippen LogP contribution in [0.4, 0.5) is 5.69 Å². The van der Waals surface area contributed by atoms with Gasteiger partial charge < -0.3 is 4.57 Å². The van der Waals surface area contributed by atoms with Gasteiger partial charge in [0.2, 0.25) is 0 Å². The molecule has 5 aromatic rings. The molecule has 0 saturated carbocycles. The number of carbonyl (C=O) groups is 1. The number of nitro benzene ring substituents is 1. The van der Waals surface area contributed by atoms with Gasteiger partial charge in [0.05, 0.1) is 22.4 Å². The van der Waals surface area contributed by atoms with Crippen molar-refractivity contribution in [2.75, 3.05) is 5.75 Å². The second-order valence-electron chi connectivity index (χ2n) is 10.3. The van der Waals surface area contributed by atoms with Crippen LogP contribution in [-0.4, -0.2) is 31.9 Å². The summed E-state index contributed by atoms with van der Waals surface area (Å²) in [5, 5.41) is 18.6. The third-order valence-electron chi connectivity index (χ3n) is 7.41. The van der Waals surface area contributed by atoms with Crippen molar-refractivity contribution in [3.05, 3.63) is 140 Å². The number of halogens is 1. The molecule has 42 heavy (non-hydrogen) atoms. The summed E-state index contributed by atoms with van der Waals surface area (Å²) in [6.07, 6.45) is 2.71. The molecule has 1 aliphatic rings. The third kappa shape index (κ3) is 5.89. The fourth-order valence-electron chi connectivity index (χ4n) is 5.19. The molecule has 1 aromatic heterocycles. The van der Waals surface area contributed by atoms with E-state index in [4.69, 9.17) is 5.10 Å². The standard InChI is InChI=1S/C33H27BrN4O3S/c1-22-6-10-25(11-7-22)31-18-29(24-12-14-26(34)15-13-24)35-37(31)33(39)21-42-32-20-36(30-5-3-2-4-28(30)32)19-23-8-16-27(17-9-23)38(40)41/h2-17,20,31H,18-19,21H2,1H3. The number of hydrogen-bond donors (Lipinski definition) is 0. The molecule has 9 heteroatoms. The van der Waals surface area contributed by atoms with E-state index in [9.17, 15) is 14.9 Å². The fraction of sp³-hybridized carbons (Fsp3) is 0.152. The van der Waals surface area contributed by atoms with Gasteiger partial charge in [-0.1, -0.05) is 88.2 Å². The van der Waals surface area contributed by atoms with E-state index < -0.39 is 4.92 Å². The van der Waals surface area contributed by atoms with Crippen LogP contribution in [0.1, 0.15) is 34.7 Å². The Morgan fingerprint density at radius 3 is 2.43 bits per heavy atom. The smallest absolute Gasteiger partial charge is 0.269 e. The van der Waals surface area contributed by atoms with E-state index in [1.165, 1.54) is 29.5 Å². The minimum atomic E-state index is -0.393. The Morgan fingerprint density at radius 1 is 1.00 bits per heavy atom. The van der Waals surface area contributed by atoms with Crippen LogP contribution in [0.2, 0.25) is 0 Å². The van der Waals surface area contributed by atoms with Crippen LogP contribution in [0.3, 0.4) is 0 Å². The van der Waals surface area contributed by atoms with Crippen molar-refractivity contribution in [2.24, 2.45) is 5.10 Å². The summed E-state index contributed by atoms with van der Waals surface area (Å²) in [7, 11) is 0. The molecule has 0 aliphatic carbocycles. The molecule has 210 valence electrons. The monoisotopic (exact) mass is 638 g/mol. The molecule has 0 fully saturated rings. The summed E-state index contributed by atoms with van der Waals surface area (Å²) in [5.41, 5.74) is 6.21. The van der Waals surface area contributed by atoms with Gasteiger partial charge in [-0.2, -0.15) is 5.10 Å². The number of nitro groups is 1. The van der Waals surface area contributed by atoms with Gasteiger partial charge in [0, 0.05) is 51.6 Å². The van der Waals surface area contributed by atoms with Crippen LogP contribution in [0.5, 0.6) is 0 Å². The molecule has 0 saturated heterocycles. The molecule has 0 spiro atoms. The molecular weight excluding hydrogens is 612 g/mol. The van der Waals surface area contributed by atoms with Crippen molar-refractivity contribution in [3.63, 3.8) is 0 Å². The van der Waals surface area contributed by atoms with Gasteiger partial charge in [-0.15, -0.1) is 11.8 Å². The summed E-state index contributed by atoms with van der Waals surface area (Å²) in [5.74, 6) is 0.190. The summed E-state index contributed by atoms with van der Waals surface area (Å²) >= 11 is 5.00. The maximum atomic E-state index is 13.7. The summed E-state index contributed by atoms with van der Waals surface area (Å²) < 4.78 is 3.12. The first-order valence-electron chi connectivity index (χ1n) is 13.5. The Labute approximate surface area is 256 Å². The highest BCUT2D eigenvalue weighted by molar-refractivity contribution is 9.10. The highest BCUT2D eigenvalue weighted by atomic mass is 79.9. The van der Waals surface area contributed by atoms with Gasteiger partial charge in [0.1, 0.15) is 0 Å². The number of thioether (sulfide) groups is 1. The first-order chi connectivity index (χ1) is 20.4. The van der Waals surface area contributed by atoms with Gasteiger partial charge in [-0.3, -0.25) is 14.9 Å². The van der Waals surface area contributed by atoms with Gasteiger partial charge in [0.25, 0.3) is 11.6 Å². The Morgan fingerprint density at radius 2 is 1.71 bits per heavy atom. The second-order valence-corrected chi connectivity index (χ2v) is 12.2. The predicted molar refractivity (Wildman–Crippen MR) is 171 cm³/mol. The van der Waals surface area contributed by atoms with Crippen molar-refractivity contribution < 1.29 is 9.72 Å². The molecular formula is C33H27BrN4O3S. The number of aromatic nitrogens is 1. The number of aryl methyl sites for hydroxylation is 1. The van der Waals surface area contributed by atoms with E-state index in [0.29, 0.717) is 13.0 Å². The third-order valence-corrected chi connectivity index (χ3v) is 8.96. The first-order valence-corrected chi connectivity index (χ1v) is 15.3. The summed E-state index contributed by atoms with van der Waals surface area (Å²) in [6.45, 7) is 2.62. The second kappa shape index (κ2) is 12.0.